The van der Waals surface area contributed by atoms with E-state index in [1.54, 1.807) is 42.6 Å². The lowest BCUT2D eigenvalue weighted by Crippen LogP contribution is -2.19. The number of amides is 1. The van der Waals surface area contributed by atoms with Crippen molar-refractivity contribution < 1.29 is 14.3 Å². The first-order valence-corrected chi connectivity index (χ1v) is 8.51. The Morgan fingerprint density at radius 1 is 1.24 bits per heavy atom. The first-order chi connectivity index (χ1) is 12.1. The maximum Gasteiger partial charge on any atom is 0.343 e. The summed E-state index contributed by atoms with van der Waals surface area (Å²) >= 11 is 1.31. The van der Waals surface area contributed by atoms with Gasteiger partial charge in [-0.3, -0.25) is 4.79 Å². The number of rotatable bonds is 4. The highest BCUT2D eigenvalue weighted by Crippen LogP contribution is 2.14. The molecule has 1 aliphatic heterocycles. The van der Waals surface area contributed by atoms with Gasteiger partial charge in [-0.2, -0.15) is 5.10 Å². The summed E-state index contributed by atoms with van der Waals surface area (Å²) < 4.78 is 5.35. The van der Waals surface area contributed by atoms with Crippen molar-refractivity contribution in [1.29, 1.82) is 0 Å². The quantitative estimate of drug-likeness (QED) is 0.397. The zero-order valence-corrected chi connectivity index (χ0v) is 14.2. The third-order valence-corrected chi connectivity index (χ3v) is 4.15. The molecule has 1 amide bonds. The van der Waals surface area contributed by atoms with Crippen molar-refractivity contribution >= 4 is 35.0 Å². The van der Waals surface area contributed by atoms with E-state index in [9.17, 15) is 9.59 Å². The van der Waals surface area contributed by atoms with Gasteiger partial charge in [-0.25, -0.2) is 4.79 Å². The van der Waals surface area contributed by atoms with Crippen molar-refractivity contribution in [2.24, 2.45) is 10.2 Å². The summed E-state index contributed by atoms with van der Waals surface area (Å²) in [6.45, 7) is 1.92. The number of carbonyl (C=O) groups is 2. The molecule has 0 unspecified atom stereocenters. The van der Waals surface area contributed by atoms with E-state index in [1.165, 1.54) is 11.8 Å². The molecule has 2 aromatic carbocycles. The topological polar surface area (TPSA) is 80.1 Å². The second-order valence-electron chi connectivity index (χ2n) is 5.31. The Morgan fingerprint density at radius 3 is 2.72 bits per heavy atom. The maximum atomic E-state index is 12.1. The molecule has 3 rings (SSSR count). The minimum absolute atomic E-state index is 0.0706. The molecule has 1 aliphatic rings. The SMILES string of the molecule is Cc1cccc(C(=O)Oc2ccc(C=NN=C3NC(=O)CS3)cc2)c1. The fraction of sp³-hybridized carbons (Fsp3) is 0.111. The average Bonchev–Trinajstić information content (AvgIpc) is 3.02. The molecule has 0 saturated carbocycles. The van der Waals surface area contributed by atoms with Gasteiger partial charge in [-0.1, -0.05) is 29.5 Å². The van der Waals surface area contributed by atoms with Gasteiger partial charge >= 0.3 is 5.97 Å². The third kappa shape index (κ3) is 4.77. The molecule has 2 aromatic rings. The standard InChI is InChI=1S/C18H15N3O3S/c1-12-3-2-4-14(9-12)17(23)24-15-7-5-13(6-8-15)10-19-21-18-20-16(22)11-25-18/h2-10H,11H2,1H3,(H,20,21,22). The second kappa shape index (κ2) is 7.76. The highest BCUT2D eigenvalue weighted by Gasteiger charge is 2.15. The average molecular weight is 353 g/mol. The number of carbonyl (C=O) groups excluding carboxylic acids is 2. The summed E-state index contributed by atoms with van der Waals surface area (Å²) in [5.74, 6) is 0.354. The number of nitrogens with zero attached hydrogens (tertiary/aromatic N) is 2. The monoisotopic (exact) mass is 353 g/mol. The fourth-order valence-electron chi connectivity index (χ4n) is 2.09. The lowest BCUT2D eigenvalue weighted by atomic mass is 10.1. The van der Waals surface area contributed by atoms with Crippen LogP contribution in [0.15, 0.2) is 58.7 Å². The third-order valence-electron chi connectivity index (χ3n) is 3.29. The zero-order chi connectivity index (χ0) is 17.6. The lowest BCUT2D eigenvalue weighted by molar-refractivity contribution is -0.116. The molecule has 0 aliphatic carbocycles. The highest BCUT2D eigenvalue weighted by atomic mass is 32.2. The molecule has 0 aromatic heterocycles. The van der Waals surface area contributed by atoms with Crippen molar-refractivity contribution in [3.63, 3.8) is 0 Å². The van der Waals surface area contributed by atoms with E-state index < -0.39 is 5.97 Å². The molecule has 0 bridgehead atoms. The fourth-order valence-corrected chi connectivity index (χ4v) is 2.72. The molecule has 1 N–H and O–H groups in total. The smallest absolute Gasteiger partial charge is 0.343 e. The molecule has 1 heterocycles. The number of benzene rings is 2. The van der Waals surface area contributed by atoms with Crippen molar-refractivity contribution in [2.75, 3.05) is 5.75 Å². The van der Waals surface area contributed by atoms with Crippen LogP contribution in [0.3, 0.4) is 0 Å². The number of nitrogens with one attached hydrogen (secondary N) is 1. The summed E-state index contributed by atoms with van der Waals surface area (Å²) in [6.07, 6.45) is 1.56. The Hall–Kier alpha value is -2.93. The van der Waals surface area contributed by atoms with Gasteiger partial charge in [0.1, 0.15) is 5.75 Å². The maximum absolute atomic E-state index is 12.1. The van der Waals surface area contributed by atoms with Gasteiger partial charge in [0.2, 0.25) is 5.91 Å². The summed E-state index contributed by atoms with van der Waals surface area (Å²) in [5.41, 5.74) is 2.31. The van der Waals surface area contributed by atoms with Crippen molar-refractivity contribution in [1.82, 2.24) is 5.32 Å². The predicted octanol–water partition coefficient (Wildman–Crippen LogP) is 2.77. The molecule has 7 heteroatoms. The van der Waals surface area contributed by atoms with Crippen LogP contribution in [0.4, 0.5) is 0 Å². The Labute approximate surface area is 149 Å². The van der Waals surface area contributed by atoms with Gasteiger partial charge in [-0.05, 0) is 48.9 Å². The molecule has 1 saturated heterocycles. The number of thioether (sulfide) groups is 1. The minimum atomic E-state index is -0.398. The van der Waals surface area contributed by atoms with E-state index in [2.05, 4.69) is 15.5 Å². The van der Waals surface area contributed by atoms with Crippen LogP contribution in [0.5, 0.6) is 5.75 Å². The Morgan fingerprint density at radius 2 is 2.04 bits per heavy atom. The van der Waals surface area contributed by atoms with Crippen molar-refractivity contribution in [3.8, 4) is 5.75 Å². The van der Waals surface area contributed by atoms with E-state index in [1.807, 2.05) is 19.1 Å². The van der Waals surface area contributed by atoms with Crippen LogP contribution in [0.25, 0.3) is 0 Å². The van der Waals surface area contributed by atoms with Gasteiger partial charge in [0, 0.05) is 0 Å². The summed E-state index contributed by atoms with van der Waals surface area (Å²) in [4.78, 5) is 23.1. The first-order valence-electron chi connectivity index (χ1n) is 7.53. The van der Waals surface area contributed by atoms with Gasteiger partial charge in [0.05, 0.1) is 17.5 Å². The number of hydrogen-bond acceptors (Lipinski definition) is 6. The highest BCUT2D eigenvalue weighted by molar-refractivity contribution is 8.15. The van der Waals surface area contributed by atoms with Gasteiger partial charge in [0.25, 0.3) is 0 Å². The van der Waals surface area contributed by atoms with Gasteiger partial charge < -0.3 is 10.1 Å². The molecule has 0 atom stereocenters. The number of amidine groups is 1. The Kier molecular flexibility index (Phi) is 5.25. The zero-order valence-electron chi connectivity index (χ0n) is 13.4. The molecule has 6 nitrogen and oxygen atoms in total. The normalized spacial score (nSPS) is 15.6. The van der Waals surface area contributed by atoms with Crippen LogP contribution >= 0.6 is 11.8 Å². The van der Waals surface area contributed by atoms with Gasteiger partial charge in [0.15, 0.2) is 5.17 Å². The predicted molar refractivity (Wildman–Crippen MR) is 98.2 cm³/mol. The summed E-state index contributed by atoms with van der Waals surface area (Å²) in [6, 6.07) is 14.1. The Bertz CT molecular complexity index is 860. The van der Waals surface area contributed by atoms with Crippen LogP contribution in [0.1, 0.15) is 21.5 Å². The molecule has 1 fully saturated rings. The van der Waals surface area contributed by atoms with Crippen LogP contribution in [0, 0.1) is 6.92 Å². The van der Waals surface area contributed by atoms with E-state index >= 15 is 0 Å². The second-order valence-corrected chi connectivity index (χ2v) is 6.28. The minimum Gasteiger partial charge on any atom is -0.423 e. The van der Waals surface area contributed by atoms with Crippen LogP contribution in [-0.4, -0.2) is 29.0 Å². The van der Waals surface area contributed by atoms with Gasteiger partial charge in [-0.15, -0.1) is 5.10 Å². The van der Waals surface area contributed by atoms with E-state index in [0.717, 1.165) is 11.1 Å². The lowest BCUT2D eigenvalue weighted by Gasteiger charge is -2.05. The molecule has 0 spiro atoms. The van der Waals surface area contributed by atoms with E-state index in [-0.39, 0.29) is 5.91 Å². The first kappa shape index (κ1) is 16.9. The molecular weight excluding hydrogens is 338 g/mol. The molecule has 126 valence electrons. The number of esters is 1. The molecule has 0 radical (unpaired) electrons. The van der Waals surface area contributed by atoms with Crippen LogP contribution in [-0.2, 0) is 4.79 Å². The van der Waals surface area contributed by atoms with Crippen LogP contribution in [0.2, 0.25) is 0 Å². The molecular formula is C18H15N3O3S. The van der Waals surface area contributed by atoms with E-state index in [4.69, 9.17) is 4.74 Å². The Balaban J connectivity index is 1.60. The number of ether oxygens (including phenoxy) is 1. The van der Waals surface area contributed by atoms with Crippen molar-refractivity contribution in [3.05, 3.63) is 65.2 Å². The van der Waals surface area contributed by atoms with Crippen LogP contribution < -0.4 is 10.1 Å². The number of aryl methyl sites for hydroxylation is 1. The largest absolute Gasteiger partial charge is 0.423 e. The van der Waals surface area contributed by atoms with Crippen molar-refractivity contribution in [2.45, 2.75) is 6.92 Å². The number of hydrogen-bond donors (Lipinski definition) is 1. The summed E-state index contributed by atoms with van der Waals surface area (Å²) in [7, 11) is 0. The van der Waals surface area contributed by atoms with E-state index in [0.29, 0.717) is 22.2 Å². The molecule has 25 heavy (non-hydrogen) atoms. The summed E-state index contributed by atoms with van der Waals surface area (Å²) in [5, 5.41) is 10.9.